The molecule has 0 amide bonds. The van der Waals surface area contributed by atoms with Crippen LogP contribution < -0.4 is 0 Å². The van der Waals surface area contributed by atoms with E-state index in [0.29, 0.717) is 5.92 Å². The molecule has 2 fully saturated rings. The number of rotatable bonds is 2. The van der Waals surface area contributed by atoms with Crippen LogP contribution in [0, 0.1) is 26.7 Å². The summed E-state index contributed by atoms with van der Waals surface area (Å²) in [7, 11) is 0. The standard InChI is InChI=1S/C17H25NO/c1-12-8-13(2)16(14(3)9-12)10-17(19)5-7-18-6-4-15(17)11-18/h8-9,15,19H,4-7,10-11H2,1-3H3. The number of piperidine rings is 1. The molecule has 2 heterocycles. The minimum atomic E-state index is -0.474. The fraction of sp³-hybridized carbons (Fsp3) is 0.647. The lowest BCUT2D eigenvalue weighted by atomic mass is 9.76. The van der Waals surface area contributed by atoms with Gasteiger partial charge < -0.3 is 10.0 Å². The first-order chi connectivity index (χ1) is 8.98. The summed E-state index contributed by atoms with van der Waals surface area (Å²) in [6, 6.07) is 4.49. The van der Waals surface area contributed by atoms with Crippen LogP contribution in [0.25, 0.3) is 0 Å². The van der Waals surface area contributed by atoms with E-state index in [1.807, 2.05) is 0 Å². The molecule has 2 aliphatic rings. The molecular formula is C17H25NO. The number of hydrogen-bond donors (Lipinski definition) is 1. The van der Waals surface area contributed by atoms with E-state index in [-0.39, 0.29) is 0 Å². The van der Waals surface area contributed by atoms with Gasteiger partial charge in [-0.1, -0.05) is 17.7 Å². The van der Waals surface area contributed by atoms with Crippen LogP contribution in [0.3, 0.4) is 0 Å². The van der Waals surface area contributed by atoms with E-state index in [1.165, 1.54) is 35.2 Å². The van der Waals surface area contributed by atoms with Gasteiger partial charge in [0, 0.05) is 25.4 Å². The van der Waals surface area contributed by atoms with Gasteiger partial charge in [0.15, 0.2) is 0 Å². The first kappa shape index (κ1) is 13.1. The Morgan fingerprint density at radius 1 is 1.21 bits per heavy atom. The Kier molecular flexibility index (Phi) is 3.18. The Bertz CT molecular complexity index is 473. The molecule has 0 spiro atoms. The van der Waals surface area contributed by atoms with E-state index in [2.05, 4.69) is 37.8 Å². The molecule has 2 nitrogen and oxygen atoms in total. The number of benzene rings is 1. The summed E-state index contributed by atoms with van der Waals surface area (Å²) in [6.45, 7) is 9.86. The van der Waals surface area contributed by atoms with Gasteiger partial charge in [0.1, 0.15) is 0 Å². The lowest BCUT2D eigenvalue weighted by molar-refractivity contribution is -0.0441. The van der Waals surface area contributed by atoms with Crippen molar-refractivity contribution in [2.24, 2.45) is 5.92 Å². The molecule has 1 N–H and O–H groups in total. The van der Waals surface area contributed by atoms with Gasteiger partial charge in [-0.2, -0.15) is 0 Å². The lowest BCUT2D eigenvalue weighted by Crippen LogP contribution is -2.48. The van der Waals surface area contributed by atoms with Crippen LogP contribution in [0.15, 0.2) is 12.1 Å². The first-order valence-electron chi connectivity index (χ1n) is 7.49. The third-order valence-electron chi connectivity index (χ3n) is 5.22. The molecule has 19 heavy (non-hydrogen) atoms. The van der Waals surface area contributed by atoms with Crippen LogP contribution in [-0.4, -0.2) is 35.2 Å². The molecule has 3 unspecified atom stereocenters. The predicted octanol–water partition coefficient (Wildman–Crippen LogP) is 2.61. The second-order valence-electron chi connectivity index (χ2n) is 6.69. The van der Waals surface area contributed by atoms with Crippen molar-refractivity contribution >= 4 is 0 Å². The van der Waals surface area contributed by atoms with Crippen molar-refractivity contribution in [3.8, 4) is 0 Å². The molecule has 2 saturated heterocycles. The predicted molar refractivity (Wildman–Crippen MR) is 78.5 cm³/mol. The van der Waals surface area contributed by atoms with E-state index < -0.39 is 5.60 Å². The summed E-state index contributed by atoms with van der Waals surface area (Å²) < 4.78 is 0. The van der Waals surface area contributed by atoms with E-state index in [0.717, 1.165) is 25.9 Å². The fourth-order valence-electron chi connectivity index (χ4n) is 4.06. The second-order valence-corrected chi connectivity index (χ2v) is 6.69. The highest BCUT2D eigenvalue weighted by molar-refractivity contribution is 5.38. The van der Waals surface area contributed by atoms with Gasteiger partial charge in [-0.25, -0.2) is 0 Å². The van der Waals surface area contributed by atoms with Crippen molar-refractivity contribution in [1.29, 1.82) is 0 Å². The van der Waals surface area contributed by atoms with E-state index in [1.54, 1.807) is 0 Å². The number of aliphatic hydroxyl groups is 1. The number of fused-ring (bicyclic) bond motifs is 2. The molecule has 3 atom stereocenters. The molecular weight excluding hydrogens is 234 g/mol. The van der Waals surface area contributed by atoms with Gasteiger partial charge in [0.2, 0.25) is 0 Å². The van der Waals surface area contributed by atoms with Gasteiger partial charge in [0.05, 0.1) is 5.60 Å². The Hall–Kier alpha value is -0.860. The normalized spacial score (nSPS) is 33.7. The van der Waals surface area contributed by atoms with Gasteiger partial charge >= 0.3 is 0 Å². The minimum absolute atomic E-state index is 0.473. The van der Waals surface area contributed by atoms with Gasteiger partial charge in [-0.3, -0.25) is 0 Å². The van der Waals surface area contributed by atoms with Crippen molar-refractivity contribution in [2.45, 2.75) is 45.6 Å². The summed E-state index contributed by atoms with van der Waals surface area (Å²) >= 11 is 0. The number of hydrogen-bond acceptors (Lipinski definition) is 2. The molecule has 2 bridgehead atoms. The maximum Gasteiger partial charge on any atom is 0.0741 e. The monoisotopic (exact) mass is 259 g/mol. The first-order valence-corrected chi connectivity index (χ1v) is 7.49. The zero-order chi connectivity index (χ0) is 13.6. The summed E-state index contributed by atoms with van der Waals surface area (Å²) in [5, 5.41) is 11.1. The Morgan fingerprint density at radius 2 is 1.89 bits per heavy atom. The van der Waals surface area contributed by atoms with Crippen LogP contribution in [0.2, 0.25) is 0 Å². The Balaban J connectivity index is 1.88. The van der Waals surface area contributed by atoms with Crippen LogP contribution in [0.1, 0.15) is 35.1 Å². The topological polar surface area (TPSA) is 23.5 Å². The van der Waals surface area contributed by atoms with Crippen LogP contribution in [-0.2, 0) is 6.42 Å². The van der Waals surface area contributed by atoms with Crippen molar-refractivity contribution < 1.29 is 5.11 Å². The van der Waals surface area contributed by atoms with Crippen molar-refractivity contribution in [1.82, 2.24) is 4.90 Å². The summed E-state index contributed by atoms with van der Waals surface area (Å²) in [6.07, 6.45) is 2.94. The van der Waals surface area contributed by atoms with Crippen LogP contribution >= 0.6 is 0 Å². The molecule has 0 radical (unpaired) electrons. The summed E-state index contributed by atoms with van der Waals surface area (Å²) in [4.78, 5) is 2.49. The smallest absolute Gasteiger partial charge is 0.0741 e. The molecule has 104 valence electrons. The van der Waals surface area contributed by atoms with Crippen LogP contribution in [0.4, 0.5) is 0 Å². The van der Waals surface area contributed by atoms with Crippen molar-refractivity contribution in [3.63, 3.8) is 0 Å². The molecule has 0 aromatic heterocycles. The zero-order valence-electron chi connectivity index (χ0n) is 12.4. The molecule has 1 aromatic rings. The highest BCUT2D eigenvalue weighted by Gasteiger charge is 2.44. The maximum atomic E-state index is 11.1. The Labute approximate surface area is 116 Å². The zero-order valence-corrected chi connectivity index (χ0v) is 12.4. The van der Waals surface area contributed by atoms with E-state index in [4.69, 9.17) is 0 Å². The molecule has 2 aliphatic heterocycles. The SMILES string of the molecule is Cc1cc(C)c(CC2(O)CCN3CCC2C3)c(C)c1. The average molecular weight is 259 g/mol. The summed E-state index contributed by atoms with van der Waals surface area (Å²) in [5.41, 5.74) is 4.89. The third kappa shape index (κ3) is 2.32. The second kappa shape index (κ2) is 4.60. The molecule has 2 heteroatoms. The van der Waals surface area contributed by atoms with Gasteiger partial charge in [-0.15, -0.1) is 0 Å². The third-order valence-corrected chi connectivity index (χ3v) is 5.22. The molecule has 0 aliphatic carbocycles. The van der Waals surface area contributed by atoms with Crippen molar-refractivity contribution in [3.05, 3.63) is 34.4 Å². The van der Waals surface area contributed by atoms with Gasteiger partial charge in [-0.05, 0) is 56.8 Å². The Morgan fingerprint density at radius 3 is 2.58 bits per heavy atom. The van der Waals surface area contributed by atoms with Gasteiger partial charge in [0.25, 0.3) is 0 Å². The van der Waals surface area contributed by atoms with Crippen molar-refractivity contribution in [2.75, 3.05) is 19.6 Å². The van der Waals surface area contributed by atoms with E-state index >= 15 is 0 Å². The fourth-order valence-corrected chi connectivity index (χ4v) is 4.06. The lowest BCUT2D eigenvalue weighted by Gasteiger charge is -2.39. The number of nitrogens with zero attached hydrogens (tertiary/aromatic N) is 1. The largest absolute Gasteiger partial charge is 0.389 e. The number of aryl methyl sites for hydroxylation is 3. The molecule has 3 rings (SSSR count). The highest BCUT2D eigenvalue weighted by atomic mass is 16.3. The minimum Gasteiger partial charge on any atom is -0.389 e. The quantitative estimate of drug-likeness (QED) is 0.882. The highest BCUT2D eigenvalue weighted by Crippen LogP contribution is 2.38. The molecule has 0 saturated carbocycles. The maximum absolute atomic E-state index is 11.1. The van der Waals surface area contributed by atoms with E-state index in [9.17, 15) is 5.11 Å². The summed E-state index contributed by atoms with van der Waals surface area (Å²) in [5.74, 6) is 0.473. The molecule has 1 aromatic carbocycles. The average Bonchev–Trinajstić information content (AvgIpc) is 2.75. The van der Waals surface area contributed by atoms with Crippen LogP contribution in [0.5, 0.6) is 0 Å².